The molecule has 0 aliphatic heterocycles. The van der Waals surface area contributed by atoms with Crippen molar-refractivity contribution in [3.63, 3.8) is 0 Å². The molecule has 0 bridgehead atoms. The van der Waals surface area contributed by atoms with Crippen LogP contribution < -0.4 is 4.74 Å². The van der Waals surface area contributed by atoms with E-state index in [2.05, 4.69) is 26.1 Å². The highest BCUT2D eigenvalue weighted by Gasteiger charge is 2.09. The van der Waals surface area contributed by atoms with Crippen LogP contribution in [0.3, 0.4) is 0 Å². The summed E-state index contributed by atoms with van der Waals surface area (Å²) in [5, 5.41) is 7.90. The summed E-state index contributed by atoms with van der Waals surface area (Å²) in [6.07, 6.45) is 1.67. The standard InChI is InChI=1S/C10H10BrN3O/c1-14-6-12-13-10(14)8-5-7(15-2)3-4-9(8)11/h3-6H,1-2H3. The average molecular weight is 268 g/mol. The predicted molar refractivity (Wildman–Crippen MR) is 60.7 cm³/mol. The highest BCUT2D eigenvalue weighted by atomic mass is 79.9. The molecule has 0 atom stereocenters. The Morgan fingerprint density at radius 3 is 2.80 bits per heavy atom. The third-order valence-corrected chi connectivity index (χ3v) is 2.82. The van der Waals surface area contributed by atoms with Gasteiger partial charge in [-0.3, -0.25) is 0 Å². The summed E-state index contributed by atoms with van der Waals surface area (Å²) in [6, 6.07) is 5.75. The third-order valence-electron chi connectivity index (χ3n) is 2.13. The van der Waals surface area contributed by atoms with Gasteiger partial charge >= 0.3 is 0 Å². The lowest BCUT2D eigenvalue weighted by Gasteiger charge is -2.06. The molecule has 4 nitrogen and oxygen atoms in total. The van der Waals surface area contributed by atoms with Crippen LogP contribution in [-0.2, 0) is 7.05 Å². The summed E-state index contributed by atoms with van der Waals surface area (Å²) in [5.41, 5.74) is 0.967. The minimum absolute atomic E-state index is 0.802. The van der Waals surface area contributed by atoms with E-state index >= 15 is 0 Å². The van der Waals surface area contributed by atoms with E-state index in [4.69, 9.17) is 4.74 Å². The molecule has 5 heteroatoms. The molecule has 0 radical (unpaired) electrons. The molecule has 0 saturated heterocycles. The maximum atomic E-state index is 5.17. The number of hydrogen-bond donors (Lipinski definition) is 0. The molecule has 0 N–H and O–H groups in total. The minimum Gasteiger partial charge on any atom is -0.497 e. The lowest BCUT2D eigenvalue weighted by Crippen LogP contribution is -1.93. The Balaban J connectivity index is 2.56. The second-order valence-corrected chi connectivity index (χ2v) is 3.97. The normalized spacial score (nSPS) is 10.3. The van der Waals surface area contributed by atoms with E-state index in [0.717, 1.165) is 21.6 Å². The van der Waals surface area contributed by atoms with Gasteiger partial charge in [-0.2, -0.15) is 0 Å². The van der Waals surface area contributed by atoms with Crippen LogP contribution in [0.2, 0.25) is 0 Å². The van der Waals surface area contributed by atoms with Gasteiger partial charge in [0.2, 0.25) is 0 Å². The largest absolute Gasteiger partial charge is 0.497 e. The van der Waals surface area contributed by atoms with Crippen LogP contribution in [0.15, 0.2) is 29.0 Å². The van der Waals surface area contributed by atoms with Gasteiger partial charge in [-0.25, -0.2) is 0 Å². The Kier molecular flexibility index (Phi) is 2.73. The topological polar surface area (TPSA) is 39.9 Å². The van der Waals surface area contributed by atoms with Gasteiger partial charge in [-0.05, 0) is 18.2 Å². The highest BCUT2D eigenvalue weighted by Crippen LogP contribution is 2.29. The average Bonchev–Trinajstić information content (AvgIpc) is 2.65. The zero-order valence-corrected chi connectivity index (χ0v) is 10.0. The number of benzene rings is 1. The lowest BCUT2D eigenvalue weighted by atomic mass is 10.2. The van der Waals surface area contributed by atoms with Crippen molar-refractivity contribution in [1.82, 2.24) is 14.8 Å². The number of nitrogens with zero attached hydrogens (tertiary/aromatic N) is 3. The van der Waals surface area contributed by atoms with Crippen LogP contribution in [0.25, 0.3) is 11.4 Å². The Hall–Kier alpha value is -1.36. The highest BCUT2D eigenvalue weighted by molar-refractivity contribution is 9.10. The smallest absolute Gasteiger partial charge is 0.164 e. The zero-order chi connectivity index (χ0) is 10.8. The first-order valence-electron chi connectivity index (χ1n) is 4.40. The van der Waals surface area contributed by atoms with Crippen molar-refractivity contribution in [3.05, 3.63) is 29.0 Å². The number of methoxy groups -OCH3 is 1. The van der Waals surface area contributed by atoms with Crippen LogP contribution in [0, 0.1) is 0 Å². The second-order valence-electron chi connectivity index (χ2n) is 3.11. The molecule has 0 aliphatic carbocycles. The fourth-order valence-corrected chi connectivity index (χ4v) is 1.75. The van der Waals surface area contributed by atoms with Crippen molar-refractivity contribution in [2.24, 2.45) is 7.05 Å². The van der Waals surface area contributed by atoms with E-state index in [0.29, 0.717) is 0 Å². The number of rotatable bonds is 2. The Labute approximate surface area is 96.0 Å². The van der Waals surface area contributed by atoms with Crippen molar-refractivity contribution in [2.45, 2.75) is 0 Å². The fourth-order valence-electron chi connectivity index (χ4n) is 1.33. The number of hydrogen-bond acceptors (Lipinski definition) is 3. The molecule has 1 heterocycles. The van der Waals surface area contributed by atoms with Crippen molar-refractivity contribution in [1.29, 1.82) is 0 Å². The molecule has 0 amide bonds. The van der Waals surface area contributed by atoms with Crippen molar-refractivity contribution in [3.8, 4) is 17.1 Å². The molecule has 1 aromatic carbocycles. The summed E-state index contributed by atoms with van der Waals surface area (Å²) in [5.74, 6) is 1.61. The fraction of sp³-hybridized carbons (Fsp3) is 0.200. The van der Waals surface area contributed by atoms with Gasteiger partial charge in [0.1, 0.15) is 12.1 Å². The van der Waals surface area contributed by atoms with Crippen molar-refractivity contribution in [2.75, 3.05) is 7.11 Å². The van der Waals surface area contributed by atoms with Crippen LogP contribution in [0.4, 0.5) is 0 Å². The SMILES string of the molecule is COc1ccc(Br)c(-c2nncn2C)c1. The lowest BCUT2D eigenvalue weighted by molar-refractivity contribution is 0.415. The van der Waals surface area contributed by atoms with Crippen LogP contribution in [0.5, 0.6) is 5.75 Å². The van der Waals surface area contributed by atoms with E-state index in [1.54, 1.807) is 13.4 Å². The summed E-state index contributed by atoms with van der Waals surface area (Å²) < 4.78 is 8.00. The number of halogens is 1. The van der Waals surface area contributed by atoms with Crippen LogP contribution >= 0.6 is 15.9 Å². The quantitative estimate of drug-likeness (QED) is 0.838. The van der Waals surface area contributed by atoms with Gasteiger partial charge in [0.05, 0.1) is 7.11 Å². The monoisotopic (exact) mass is 267 g/mol. The first kappa shape index (κ1) is 10.2. The van der Waals surface area contributed by atoms with Crippen LogP contribution in [0.1, 0.15) is 0 Å². The van der Waals surface area contributed by atoms with Gasteiger partial charge < -0.3 is 9.30 Å². The molecule has 0 aliphatic rings. The van der Waals surface area contributed by atoms with Gasteiger partial charge in [0.25, 0.3) is 0 Å². The van der Waals surface area contributed by atoms with Crippen molar-refractivity contribution < 1.29 is 4.74 Å². The number of aromatic nitrogens is 3. The first-order chi connectivity index (χ1) is 7.22. The second kappa shape index (κ2) is 4.02. The van der Waals surface area contributed by atoms with Crippen LogP contribution in [-0.4, -0.2) is 21.9 Å². The van der Waals surface area contributed by atoms with E-state index in [1.807, 2.05) is 29.8 Å². The van der Waals surface area contributed by atoms with Gasteiger partial charge in [0.15, 0.2) is 5.82 Å². The maximum absolute atomic E-state index is 5.17. The summed E-state index contributed by atoms with van der Waals surface area (Å²) in [4.78, 5) is 0. The predicted octanol–water partition coefficient (Wildman–Crippen LogP) is 2.25. The summed E-state index contributed by atoms with van der Waals surface area (Å²) >= 11 is 3.48. The molecule has 0 spiro atoms. The Morgan fingerprint density at radius 2 is 2.20 bits per heavy atom. The molecular weight excluding hydrogens is 258 g/mol. The molecule has 0 saturated carbocycles. The molecule has 0 fully saturated rings. The van der Waals surface area contributed by atoms with E-state index in [-0.39, 0.29) is 0 Å². The maximum Gasteiger partial charge on any atom is 0.164 e. The Bertz CT molecular complexity index is 481. The minimum atomic E-state index is 0.802. The zero-order valence-electron chi connectivity index (χ0n) is 8.44. The van der Waals surface area contributed by atoms with Crippen molar-refractivity contribution >= 4 is 15.9 Å². The molecule has 2 rings (SSSR count). The number of ether oxygens (including phenoxy) is 1. The summed E-state index contributed by atoms with van der Waals surface area (Å²) in [7, 11) is 3.55. The van der Waals surface area contributed by atoms with Gasteiger partial charge in [0, 0.05) is 17.1 Å². The summed E-state index contributed by atoms with van der Waals surface area (Å²) in [6.45, 7) is 0. The van der Waals surface area contributed by atoms with E-state index < -0.39 is 0 Å². The number of aryl methyl sites for hydroxylation is 1. The molecule has 78 valence electrons. The molecule has 15 heavy (non-hydrogen) atoms. The molecule has 1 aromatic heterocycles. The molecule has 2 aromatic rings. The van der Waals surface area contributed by atoms with Gasteiger partial charge in [-0.15, -0.1) is 10.2 Å². The molecule has 0 unspecified atom stereocenters. The third kappa shape index (κ3) is 1.87. The van der Waals surface area contributed by atoms with E-state index in [1.165, 1.54) is 0 Å². The Morgan fingerprint density at radius 1 is 1.40 bits per heavy atom. The van der Waals surface area contributed by atoms with E-state index in [9.17, 15) is 0 Å². The first-order valence-corrected chi connectivity index (χ1v) is 5.19. The van der Waals surface area contributed by atoms with Gasteiger partial charge in [-0.1, -0.05) is 15.9 Å². The molecular formula is C10H10BrN3O.